The van der Waals surface area contributed by atoms with Crippen molar-refractivity contribution in [3.05, 3.63) is 28.5 Å². The van der Waals surface area contributed by atoms with Crippen LogP contribution in [-0.4, -0.2) is 11.5 Å². The average molecular weight is 246 g/mol. The topological polar surface area (TPSA) is 29.4 Å². The van der Waals surface area contributed by atoms with Crippen LogP contribution in [0.15, 0.2) is 17.1 Å². The third-order valence-corrected chi connectivity index (χ3v) is 2.91. The Morgan fingerprint density at radius 3 is 2.87 bits per heavy atom. The van der Waals surface area contributed by atoms with Gasteiger partial charge in [-0.05, 0) is 18.1 Å². The van der Waals surface area contributed by atoms with E-state index in [4.69, 9.17) is 23.2 Å². The van der Waals surface area contributed by atoms with Gasteiger partial charge in [-0.3, -0.25) is 0 Å². The molecule has 0 saturated heterocycles. The molecule has 0 fully saturated rings. The van der Waals surface area contributed by atoms with Crippen molar-refractivity contribution in [1.82, 2.24) is 0 Å². The van der Waals surface area contributed by atoms with E-state index < -0.39 is 11.7 Å². The molecule has 1 aliphatic rings. The van der Waals surface area contributed by atoms with Crippen molar-refractivity contribution in [2.75, 3.05) is 0 Å². The summed E-state index contributed by atoms with van der Waals surface area (Å²) in [7, 11) is 0. The van der Waals surface area contributed by atoms with Crippen LogP contribution in [0.25, 0.3) is 0 Å². The van der Waals surface area contributed by atoms with E-state index >= 15 is 0 Å². The fourth-order valence-corrected chi connectivity index (χ4v) is 1.87. The first-order valence-electron chi connectivity index (χ1n) is 4.29. The Morgan fingerprint density at radius 2 is 2.20 bits per heavy atom. The average Bonchev–Trinajstić information content (AvgIpc) is 2.20. The number of carbonyl (C=O) groups excluding carboxylic acids is 1. The van der Waals surface area contributed by atoms with Gasteiger partial charge < -0.3 is 4.79 Å². The van der Waals surface area contributed by atoms with Crippen LogP contribution < -0.4 is 0 Å². The molecule has 1 unspecified atom stereocenters. The summed E-state index contributed by atoms with van der Waals surface area (Å²) < 4.78 is 13.1. The number of nitrogens with zero attached hydrogens (tertiary/aromatic N) is 1. The van der Waals surface area contributed by atoms with Crippen LogP contribution in [0.4, 0.5) is 10.1 Å². The van der Waals surface area contributed by atoms with Crippen LogP contribution in [0.1, 0.15) is 5.56 Å². The molecule has 2 nitrogen and oxygen atoms in total. The Morgan fingerprint density at radius 1 is 1.47 bits per heavy atom. The smallest absolute Gasteiger partial charge is 0.143 e. The number of aldehydes is 1. The number of carbonyl (C=O) groups is 1. The molecule has 0 radical (unpaired) electrons. The number of hydrogen-bond acceptors (Lipinski definition) is 2. The van der Waals surface area contributed by atoms with Gasteiger partial charge in [0.25, 0.3) is 0 Å². The van der Waals surface area contributed by atoms with Crippen molar-refractivity contribution in [2.45, 2.75) is 6.42 Å². The minimum atomic E-state index is -0.534. The second-order valence-corrected chi connectivity index (χ2v) is 4.07. The van der Waals surface area contributed by atoms with Gasteiger partial charge in [0, 0.05) is 6.07 Å². The van der Waals surface area contributed by atoms with Crippen molar-refractivity contribution in [2.24, 2.45) is 10.9 Å². The van der Waals surface area contributed by atoms with Crippen LogP contribution in [0.2, 0.25) is 5.02 Å². The first-order chi connectivity index (χ1) is 7.11. The van der Waals surface area contributed by atoms with Gasteiger partial charge in [0.15, 0.2) is 0 Å². The maximum Gasteiger partial charge on any atom is 0.143 e. The van der Waals surface area contributed by atoms with Crippen LogP contribution in [0, 0.1) is 11.7 Å². The molecule has 0 bridgehead atoms. The number of hydrogen-bond donors (Lipinski definition) is 0. The van der Waals surface area contributed by atoms with Crippen LogP contribution in [0.3, 0.4) is 0 Å². The molecule has 1 aliphatic heterocycles. The maximum absolute atomic E-state index is 13.1. The fraction of sp³-hybridized carbons (Fsp3) is 0.200. The van der Waals surface area contributed by atoms with Gasteiger partial charge >= 0.3 is 0 Å². The summed E-state index contributed by atoms with van der Waals surface area (Å²) >= 11 is 11.4. The first kappa shape index (κ1) is 10.6. The second kappa shape index (κ2) is 3.91. The molecule has 15 heavy (non-hydrogen) atoms. The Bertz CT molecular complexity index is 459. The van der Waals surface area contributed by atoms with Gasteiger partial charge in [-0.25, -0.2) is 9.38 Å². The van der Waals surface area contributed by atoms with Crippen LogP contribution >= 0.6 is 23.2 Å². The molecular weight excluding hydrogens is 240 g/mol. The second-order valence-electron chi connectivity index (χ2n) is 3.28. The summed E-state index contributed by atoms with van der Waals surface area (Å²) in [6, 6.07) is 2.70. The summed E-state index contributed by atoms with van der Waals surface area (Å²) in [5.74, 6) is -0.978. The Labute approximate surface area is 95.7 Å². The number of halogens is 3. The van der Waals surface area contributed by atoms with Gasteiger partial charge in [-0.2, -0.15) is 0 Å². The monoisotopic (exact) mass is 245 g/mol. The van der Waals surface area contributed by atoms with Crippen molar-refractivity contribution in [1.29, 1.82) is 0 Å². The fourth-order valence-electron chi connectivity index (χ4n) is 1.47. The van der Waals surface area contributed by atoms with Gasteiger partial charge in [-0.15, -0.1) is 0 Å². The van der Waals surface area contributed by atoms with Crippen LogP contribution in [-0.2, 0) is 11.2 Å². The minimum Gasteiger partial charge on any atom is -0.303 e. The standard InChI is InChI=1S/C10H6Cl2FNO/c11-7-2-5-1-6(4-15)10(12)14-9(5)3-8(7)13/h2-4,6H,1H2. The highest BCUT2D eigenvalue weighted by Crippen LogP contribution is 2.32. The maximum atomic E-state index is 13.1. The molecule has 1 aromatic carbocycles. The molecule has 0 saturated carbocycles. The minimum absolute atomic E-state index is 0.0339. The van der Waals surface area contributed by atoms with Crippen molar-refractivity contribution < 1.29 is 9.18 Å². The van der Waals surface area contributed by atoms with Gasteiger partial charge in [0.05, 0.1) is 16.6 Å². The highest BCUT2D eigenvalue weighted by molar-refractivity contribution is 6.67. The lowest BCUT2D eigenvalue weighted by molar-refractivity contribution is -0.109. The molecule has 1 aromatic rings. The zero-order valence-electron chi connectivity index (χ0n) is 7.51. The lowest BCUT2D eigenvalue weighted by Crippen LogP contribution is -2.17. The predicted octanol–water partition coefficient (Wildman–Crippen LogP) is 3.12. The van der Waals surface area contributed by atoms with Crippen molar-refractivity contribution >= 4 is 40.3 Å². The molecule has 1 heterocycles. The zero-order chi connectivity index (χ0) is 11.0. The molecule has 0 amide bonds. The summed E-state index contributed by atoms with van der Waals surface area (Å²) in [6.45, 7) is 0. The number of fused-ring (bicyclic) bond motifs is 1. The largest absolute Gasteiger partial charge is 0.303 e. The van der Waals surface area contributed by atoms with Crippen molar-refractivity contribution in [3.63, 3.8) is 0 Å². The van der Waals surface area contributed by atoms with E-state index in [1.54, 1.807) is 0 Å². The Kier molecular flexibility index (Phi) is 2.76. The number of aliphatic imine (C=N–C) groups is 1. The summed E-state index contributed by atoms with van der Waals surface area (Å²) in [5, 5.41) is 0.228. The van der Waals surface area contributed by atoms with E-state index in [9.17, 15) is 9.18 Å². The predicted molar refractivity (Wildman–Crippen MR) is 57.6 cm³/mol. The van der Waals surface area contributed by atoms with Crippen LogP contribution in [0.5, 0.6) is 0 Å². The molecular formula is C10H6Cl2FNO. The number of benzene rings is 1. The first-order valence-corrected chi connectivity index (χ1v) is 5.04. The lowest BCUT2D eigenvalue weighted by atomic mass is 9.97. The van der Waals surface area contributed by atoms with E-state index in [2.05, 4.69) is 4.99 Å². The van der Waals surface area contributed by atoms with E-state index in [1.807, 2.05) is 0 Å². The van der Waals surface area contributed by atoms with E-state index in [-0.39, 0.29) is 10.2 Å². The summed E-state index contributed by atoms with van der Waals surface area (Å²) in [6.07, 6.45) is 1.15. The third kappa shape index (κ3) is 1.90. The zero-order valence-corrected chi connectivity index (χ0v) is 9.02. The highest BCUT2D eigenvalue weighted by Gasteiger charge is 2.22. The Hall–Kier alpha value is -0.930. The van der Waals surface area contributed by atoms with Crippen molar-refractivity contribution in [3.8, 4) is 0 Å². The highest BCUT2D eigenvalue weighted by atomic mass is 35.5. The molecule has 0 aliphatic carbocycles. The van der Waals surface area contributed by atoms with E-state index in [1.165, 1.54) is 12.1 Å². The lowest BCUT2D eigenvalue weighted by Gasteiger charge is -2.17. The molecule has 78 valence electrons. The van der Waals surface area contributed by atoms with E-state index in [0.29, 0.717) is 12.1 Å². The summed E-state index contributed by atoms with van der Waals surface area (Å²) in [5.41, 5.74) is 1.18. The van der Waals surface area contributed by atoms with Gasteiger partial charge in [0.1, 0.15) is 17.3 Å². The third-order valence-electron chi connectivity index (χ3n) is 2.26. The molecule has 0 aromatic heterocycles. The molecule has 0 N–H and O–H groups in total. The Balaban J connectivity index is 2.52. The van der Waals surface area contributed by atoms with Gasteiger partial charge in [0.2, 0.25) is 0 Å². The normalized spacial score (nSPS) is 19.4. The summed E-state index contributed by atoms with van der Waals surface area (Å²) in [4.78, 5) is 14.6. The quantitative estimate of drug-likeness (QED) is 0.700. The number of rotatable bonds is 1. The SMILES string of the molecule is O=CC1Cc2cc(Cl)c(F)cc2N=C1Cl. The molecule has 2 rings (SSSR count). The van der Waals surface area contributed by atoms with Gasteiger partial charge in [-0.1, -0.05) is 23.2 Å². The van der Waals surface area contributed by atoms with E-state index in [0.717, 1.165) is 11.8 Å². The molecule has 1 atom stereocenters. The molecule has 0 spiro atoms. The molecule has 5 heteroatoms.